The van der Waals surface area contributed by atoms with Crippen molar-refractivity contribution >= 4 is 34.7 Å². The number of hydrogen-bond acceptors (Lipinski definition) is 6. The lowest BCUT2D eigenvalue weighted by Gasteiger charge is -2.32. The number of aromatic nitrogens is 1. The average molecular weight is 305 g/mol. The van der Waals surface area contributed by atoms with Gasteiger partial charge in [0.25, 0.3) is 0 Å². The lowest BCUT2D eigenvalue weighted by molar-refractivity contribution is 0.0945. The van der Waals surface area contributed by atoms with Crippen LogP contribution in [-0.2, 0) is 0 Å². The Balaban J connectivity index is 0.00000180. The quantitative estimate of drug-likeness (QED) is 0.849. The Kier molecular flexibility index (Phi) is 6.19. The van der Waals surface area contributed by atoms with Crippen molar-refractivity contribution < 1.29 is 4.79 Å². The van der Waals surface area contributed by atoms with E-state index >= 15 is 0 Å². The molecule has 5 nitrogen and oxygen atoms in total. The van der Waals surface area contributed by atoms with Crippen molar-refractivity contribution in [1.82, 2.24) is 14.8 Å². The Labute approximate surface area is 124 Å². The molecule has 7 heteroatoms. The molecule has 19 heavy (non-hydrogen) atoms. The minimum atomic E-state index is 0. The molecule has 1 aliphatic heterocycles. The molecule has 2 heterocycles. The van der Waals surface area contributed by atoms with Crippen molar-refractivity contribution in [2.45, 2.75) is 13.3 Å². The number of likely N-dealkylation sites (N-methyl/N-ethyl adjacent to an activating group) is 1. The largest absolute Gasteiger partial charge is 0.375 e. The number of nitrogens with zero attached hydrogens (tertiary/aromatic N) is 3. The minimum absolute atomic E-state index is 0. The number of carbonyl (C=O) groups is 1. The average Bonchev–Trinajstić information content (AvgIpc) is 2.67. The molecule has 0 amide bonds. The number of carbonyl (C=O) groups excluding carboxylic acids is 1. The molecule has 0 radical (unpaired) electrons. The number of aryl methyl sites for hydroxylation is 1. The van der Waals surface area contributed by atoms with E-state index in [0.717, 1.165) is 43.3 Å². The monoisotopic (exact) mass is 304 g/mol. The molecule has 1 aliphatic rings. The molecule has 1 aromatic heterocycles. The summed E-state index contributed by atoms with van der Waals surface area (Å²) in [7, 11) is 2.13. The van der Waals surface area contributed by atoms with Crippen molar-refractivity contribution in [3.05, 3.63) is 10.6 Å². The zero-order chi connectivity index (χ0) is 13.1. The maximum atomic E-state index is 12.1. The fraction of sp³-hybridized carbons (Fsp3) is 0.667. The Hall–Kier alpha value is -0.690. The first-order chi connectivity index (χ1) is 8.56. The number of Topliss-reactive ketones (excluding diaryl/α,β-unsaturated/α-hetero) is 1. The van der Waals surface area contributed by atoms with Gasteiger partial charge in [0.15, 0.2) is 10.9 Å². The van der Waals surface area contributed by atoms with E-state index in [1.165, 1.54) is 11.3 Å². The van der Waals surface area contributed by atoms with Crippen molar-refractivity contribution in [3.63, 3.8) is 0 Å². The van der Waals surface area contributed by atoms with Gasteiger partial charge in [-0.3, -0.25) is 4.79 Å². The number of anilines is 1. The van der Waals surface area contributed by atoms with Gasteiger partial charge in [-0.1, -0.05) is 11.3 Å². The number of nitrogens with two attached hydrogens (primary N) is 1. The first kappa shape index (κ1) is 16.4. The van der Waals surface area contributed by atoms with Gasteiger partial charge in [0.05, 0.1) is 10.6 Å². The van der Waals surface area contributed by atoms with Crippen LogP contribution in [0.2, 0.25) is 0 Å². The fourth-order valence-corrected chi connectivity index (χ4v) is 2.92. The van der Waals surface area contributed by atoms with Crippen molar-refractivity contribution in [2.75, 3.05) is 45.5 Å². The van der Waals surface area contributed by atoms with Crippen LogP contribution in [0, 0.1) is 6.92 Å². The van der Waals surface area contributed by atoms with E-state index < -0.39 is 0 Å². The molecule has 0 saturated carbocycles. The van der Waals surface area contributed by atoms with Crippen LogP contribution in [0.3, 0.4) is 0 Å². The van der Waals surface area contributed by atoms with Gasteiger partial charge < -0.3 is 15.5 Å². The second-order valence-corrected chi connectivity index (χ2v) is 5.82. The van der Waals surface area contributed by atoms with Gasteiger partial charge in [-0.15, -0.1) is 12.4 Å². The molecule has 2 N–H and O–H groups in total. The van der Waals surface area contributed by atoms with Crippen LogP contribution < -0.4 is 5.73 Å². The van der Waals surface area contributed by atoms with E-state index in [0.29, 0.717) is 11.6 Å². The number of ketones is 1. The summed E-state index contributed by atoms with van der Waals surface area (Å²) in [6, 6.07) is 0. The number of thiazole rings is 1. The van der Waals surface area contributed by atoms with E-state index in [1.807, 2.05) is 6.92 Å². The van der Waals surface area contributed by atoms with Crippen LogP contribution >= 0.6 is 23.7 Å². The molecular weight excluding hydrogens is 284 g/mol. The molecule has 0 aromatic carbocycles. The summed E-state index contributed by atoms with van der Waals surface area (Å²) in [5.41, 5.74) is 6.38. The van der Waals surface area contributed by atoms with Gasteiger partial charge in [-0.25, -0.2) is 4.98 Å². The lowest BCUT2D eigenvalue weighted by Crippen LogP contribution is -2.45. The summed E-state index contributed by atoms with van der Waals surface area (Å²) in [5.74, 6) is 0.167. The van der Waals surface area contributed by atoms with Crippen LogP contribution in [0.5, 0.6) is 0 Å². The third-order valence-corrected chi connectivity index (χ3v) is 4.35. The third-order valence-electron chi connectivity index (χ3n) is 3.32. The SMILES string of the molecule is Cc1nc(N)sc1C(=O)CCN1CCN(C)CC1.Cl. The van der Waals surface area contributed by atoms with Crippen LogP contribution in [0.1, 0.15) is 21.8 Å². The Morgan fingerprint density at radius 2 is 2.00 bits per heavy atom. The highest BCUT2D eigenvalue weighted by molar-refractivity contribution is 7.17. The maximum Gasteiger partial charge on any atom is 0.180 e. The molecule has 0 bridgehead atoms. The topological polar surface area (TPSA) is 62.5 Å². The van der Waals surface area contributed by atoms with Crippen molar-refractivity contribution in [3.8, 4) is 0 Å². The molecule has 1 fully saturated rings. The zero-order valence-electron chi connectivity index (χ0n) is 11.4. The first-order valence-corrected chi connectivity index (χ1v) is 7.05. The van der Waals surface area contributed by atoms with E-state index in [2.05, 4.69) is 21.8 Å². The van der Waals surface area contributed by atoms with E-state index in [-0.39, 0.29) is 18.2 Å². The highest BCUT2D eigenvalue weighted by Gasteiger charge is 2.17. The van der Waals surface area contributed by atoms with Gasteiger partial charge in [0.1, 0.15) is 0 Å². The molecule has 0 aliphatic carbocycles. The van der Waals surface area contributed by atoms with E-state index in [4.69, 9.17) is 5.73 Å². The smallest absolute Gasteiger partial charge is 0.180 e. The number of rotatable bonds is 4. The number of hydrogen-bond donors (Lipinski definition) is 1. The maximum absolute atomic E-state index is 12.1. The zero-order valence-corrected chi connectivity index (χ0v) is 13.0. The Morgan fingerprint density at radius 1 is 1.37 bits per heavy atom. The summed E-state index contributed by atoms with van der Waals surface area (Å²) < 4.78 is 0. The summed E-state index contributed by atoms with van der Waals surface area (Å²) in [4.78, 5) is 21.5. The van der Waals surface area contributed by atoms with Gasteiger partial charge in [0.2, 0.25) is 0 Å². The molecule has 108 valence electrons. The van der Waals surface area contributed by atoms with Crippen molar-refractivity contribution in [2.24, 2.45) is 0 Å². The second kappa shape index (κ2) is 7.19. The summed E-state index contributed by atoms with van der Waals surface area (Å²) in [6.07, 6.45) is 0.562. The summed E-state index contributed by atoms with van der Waals surface area (Å²) in [5, 5.41) is 0.482. The molecule has 0 unspecified atom stereocenters. The van der Waals surface area contributed by atoms with Gasteiger partial charge >= 0.3 is 0 Å². The summed E-state index contributed by atoms with van der Waals surface area (Å²) in [6.45, 7) is 6.95. The third kappa shape index (κ3) is 4.42. The van der Waals surface area contributed by atoms with E-state index in [1.54, 1.807) is 0 Å². The Bertz CT molecular complexity index is 429. The molecular formula is C12H21ClN4OS. The summed E-state index contributed by atoms with van der Waals surface area (Å²) >= 11 is 1.30. The van der Waals surface area contributed by atoms with Gasteiger partial charge in [0, 0.05) is 39.1 Å². The first-order valence-electron chi connectivity index (χ1n) is 6.23. The molecule has 1 saturated heterocycles. The van der Waals surface area contributed by atoms with Crippen molar-refractivity contribution in [1.29, 1.82) is 0 Å². The number of halogens is 1. The van der Waals surface area contributed by atoms with Crippen LogP contribution in [0.25, 0.3) is 0 Å². The predicted octanol–water partition coefficient (Wildman–Crippen LogP) is 1.28. The highest BCUT2D eigenvalue weighted by atomic mass is 35.5. The van der Waals surface area contributed by atoms with Crippen LogP contribution in [0.15, 0.2) is 0 Å². The second-order valence-electron chi connectivity index (χ2n) is 4.78. The standard InChI is InChI=1S/C12H20N4OS.ClH/c1-9-11(18-12(13)14-9)10(17)3-4-16-7-5-15(2)6-8-16;/h3-8H2,1-2H3,(H2,13,14);1H. The molecule has 0 spiro atoms. The highest BCUT2D eigenvalue weighted by Crippen LogP contribution is 2.21. The normalized spacial score (nSPS) is 17.2. The predicted molar refractivity (Wildman–Crippen MR) is 81.4 cm³/mol. The van der Waals surface area contributed by atoms with Crippen LogP contribution in [-0.4, -0.2) is 60.3 Å². The van der Waals surface area contributed by atoms with Crippen LogP contribution in [0.4, 0.5) is 5.13 Å². The molecule has 2 rings (SSSR count). The number of nitrogen functional groups attached to an aromatic ring is 1. The molecule has 0 atom stereocenters. The molecule has 1 aromatic rings. The minimum Gasteiger partial charge on any atom is -0.375 e. The van der Waals surface area contributed by atoms with Gasteiger partial charge in [-0.05, 0) is 14.0 Å². The lowest BCUT2D eigenvalue weighted by atomic mass is 10.2. The van der Waals surface area contributed by atoms with Gasteiger partial charge in [-0.2, -0.15) is 0 Å². The fourth-order valence-electron chi connectivity index (χ4n) is 2.12. The number of piperazine rings is 1. The van der Waals surface area contributed by atoms with E-state index in [9.17, 15) is 4.79 Å². The Morgan fingerprint density at radius 3 is 2.53 bits per heavy atom.